The number of para-hydroxylation sites is 3. The largest absolute Gasteiger partial charge is 0.453 e. The first kappa shape index (κ1) is 14.3. The second kappa shape index (κ2) is 6.42. The smallest absolute Gasteiger partial charge is 0.174 e. The fraction of sp³-hybridized carbons (Fsp3) is 0. The van der Waals surface area contributed by atoms with Crippen LogP contribution in [0.25, 0.3) is 22.9 Å². The van der Waals surface area contributed by atoms with Crippen LogP contribution < -0.4 is 4.74 Å². The van der Waals surface area contributed by atoms with Crippen LogP contribution in [0.1, 0.15) is 11.4 Å². The lowest BCUT2D eigenvalue weighted by Crippen LogP contribution is -1.97. The number of benzene rings is 3. The van der Waals surface area contributed by atoms with Crippen LogP contribution in [0, 0.1) is 0 Å². The van der Waals surface area contributed by atoms with E-state index in [0.717, 1.165) is 22.3 Å². The lowest BCUT2D eigenvalue weighted by molar-refractivity contribution is 0.513. The van der Waals surface area contributed by atoms with Crippen molar-refractivity contribution in [3.05, 3.63) is 96.3 Å². The quantitative estimate of drug-likeness (QED) is 0.530. The van der Waals surface area contributed by atoms with Crippen molar-refractivity contribution in [2.24, 2.45) is 0 Å². The first-order chi connectivity index (χ1) is 11.9. The summed E-state index contributed by atoms with van der Waals surface area (Å²) in [6.07, 6.45) is 1.99. The van der Waals surface area contributed by atoms with Crippen LogP contribution in [0.5, 0.6) is 5.75 Å². The van der Waals surface area contributed by atoms with Gasteiger partial charge in [-0.25, -0.2) is 4.98 Å². The molecule has 0 atom stereocenters. The van der Waals surface area contributed by atoms with E-state index in [1.165, 1.54) is 0 Å². The van der Waals surface area contributed by atoms with Gasteiger partial charge in [0.05, 0.1) is 11.0 Å². The number of hydrogen-bond acceptors (Lipinski definition) is 2. The number of H-pyrrole nitrogens is 1. The van der Waals surface area contributed by atoms with Crippen molar-refractivity contribution in [1.29, 1.82) is 0 Å². The molecule has 0 unspecified atom stereocenters. The molecule has 1 heterocycles. The molecule has 3 heteroatoms. The van der Waals surface area contributed by atoms with Gasteiger partial charge in [0.15, 0.2) is 11.6 Å². The molecule has 0 aliphatic heterocycles. The fourth-order valence-corrected chi connectivity index (χ4v) is 2.53. The monoisotopic (exact) mass is 312 g/mol. The van der Waals surface area contributed by atoms with Gasteiger partial charge in [-0.05, 0) is 35.9 Å². The summed E-state index contributed by atoms with van der Waals surface area (Å²) < 4.78 is 6.10. The Morgan fingerprint density at radius 2 is 1.46 bits per heavy atom. The van der Waals surface area contributed by atoms with Gasteiger partial charge < -0.3 is 9.72 Å². The third-order valence-corrected chi connectivity index (χ3v) is 3.69. The van der Waals surface area contributed by atoms with Crippen molar-refractivity contribution < 1.29 is 4.74 Å². The average molecular weight is 312 g/mol. The van der Waals surface area contributed by atoms with E-state index in [1.54, 1.807) is 0 Å². The summed E-state index contributed by atoms with van der Waals surface area (Å²) in [6.45, 7) is 0. The molecule has 0 saturated carbocycles. The van der Waals surface area contributed by atoms with Gasteiger partial charge in [0.1, 0.15) is 5.75 Å². The average Bonchev–Trinajstić information content (AvgIpc) is 3.07. The molecule has 0 fully saturated rings. The minimum atomic E-state index is 0.684. The van der Waals surface area contributed by atoms with Crippen LogP contribution >= 0.6 is 0 Å². The Morgan fingerprint density at radius 1 is 0.792 bits per heavy atom. The number of hydrogen-bond donors (Lipinski definition) is 1. The first-order valence-electron chi connectivity index (χ1n) is 7.83. The highest BCUT2D eigenvalue weighted by Gasteiger charge is 2.10. The normalized spacial score (nSPS) is 11.6. The molecule has 24 heavy (non-hydrogen) atoms. The van der Waals surface area contributed by atoms with Crippen molar-refractivity contribution in [2.75, 3.05) is 0 Å². The van der Waals surface area contributed by atoms with Gasteiger partial charge in [-0.3, -0.25) is 0 Å². The lowest BCUT2D eigenvalue weighted by atomic mass is 10.2. The molecule has 0 bridgehead atoms. The van der Waals surface area contributed by atoms with E-state index >= 15 is 0 Å². The zero-order valence-corrected chi connectivity index (χ0v) is 13.0. The van der Waals surface area contributed by atoms with Crippen molar-refractivity contribution in [3.8, 4) is 5.75 Å². The highest BCUT2D eigenvalue weighted by Crippen LogP contribution is 2.23. The summed E-state index contributed by atoms with van der Waals surface area (Å²) >= 11 is 0. The van der Waals surface area contributed by atoms with E-state index in [4.69, 9.17) is 4.74 Å². The number of imidazole rings is 1. The molecular formula is C21H16N2O. The van der Waals surface area contributed by atoms with E-state index in [9.17, 15) is 0 Å². The molecule has 0 spiro atoms. The summed E-state index contributed by atoms with van der Waals surface area (Å²) in [5, 5.41) is 0. The Hall–Kier alpha value is -3.33. The predicted octanol–water partition coefficient (Wildman–Crippen LogP) is 5.14. The van der Waals surface area contributed by atoms with E-state index < -0.39 is 0 Å². The third-order valence-electron chi connectivity index (χ3n) is 3.69. The number of fused-ring (bicyclic) bond motifs is 1. The fourth-order valence-electron chi connectivity index (χ4n) is 2.53. The van der Waals surface area contributed by atoms with Gasteiger partial charge in [0, 0.05) is 0 Å². The van der Waals surface area contributed by atoms with Gasteiger partial charge in [0.25, 0.3) is 0 Å². The summed E-state index contributed by atoms with van der Waals surface area (Å²) in [7, 11) is 0. The van der Waals surface area contributed by atoms with Gasteiger partial charge >= 0.3 is 0 Å². The Kier molecular flexibility index (Phi) is 3.82. The molecule has 3 aromatic carbocycles. The minimum Gasteiger partial charge on any atom is -0.453 e. The van der Waals surface area contributed by atoms with Gasteiger partial charge in [-0.15, -0.1) is 0 Å². The molecule has 3 nitrogen and oxygen atoms in total. The standard InChI is InChI=1S/C21H16N2O/c1-3-9-16(10-4-1)15-20(24-17-11-5-2-6-12-17)21-22-18-13-7-8-14-19(18)23-21/h1-15H,(H,22,23). The Morgan fingerprint density at radius 3 is 2.21 bits per heavy atom. The molecule has 0 amide bonds. The highest BCUT2D eigenvalue weighted by molar-refractivity contribution is 5.82. The Bertz CT molecular complexity index is 939. The number of rotatable bonds is 4. The van der Waals surface area contributed by atoms with E-state index in [2.05, 4.69) is 9.97 Å². The topological polar surface area (TPSA) is 37.9 Å². The van der Waals surface area contributed by atoms with Crippen LogP contribution in [0.4, 0.5) is 0 Å². The van der Waals surface area contributed by atoms with Crippen LogP contribution in [0.2, 0.25) is 0 Å². The minimum absolute atomic E-state index is 0.684. The van der Waals surface area contributed by atoms with Crippen LogP contribution in [0.15, 0.2) is 84.9 Å². The zero-order chi connectivity index (χ0) is 16.2. The molecule has 1 N–H and O–H groups in total. The van der Waals surface area contributed by atoms with Crippen LogP contribution in [-0.4, -0.2) is 9.97 Å². The molecule has 0 radical (unpaired) electrons. The van der Waals surface area contributed by atoms with E-state index in [-0.39, 0.29) is 0 Å². The van der Waals surface area contributed by atoms with E-state index in [1.807, 2.05) is 91.0 Å². The third kappa shape index (κ3) is 3.06. The van der Waals surface area contributed by atoms with Gasteiger partial charge in [-0.1, -0.05) is 60.7 Å². The maximum absolute atomic E-state index is 6.10. The van der Waals surface area contributed by atoms with Crippen molar-refractivity contribution >= 4 is 22.9 Å². The Labute approximate surface area is 140 Å². The molecule has 116 valence electrons. The second-order valence-electron chi connectivity index (χ2n) is 5.44. The van der Waals surface area contributed by atoms with Crippen molar-refractivity contribution in [2.45, 2.75) is 0 Å². The molecule has 0 saturated heterocycles. The van der Waals surface area contributed by atoms with Crippen molar-refractivity contribution in [1.82, 2.24) is 9.97 Å². The number of ether oxygens (including phenoxy) is 1. The molecule has 4 aromatic rings. The molecule has 4 rings (SSSR count). The van der Waals surface area contributed by atoms with Crippen LogP contribution in [0.3, 0.4) is 0 Å². The number of aromatic nitrogens is 2. The maximum atomic E-state index is 6.10. The van der Waals surface area contributed by atoms with Gasteiger partial charge in [0.2, 0.25) is 0 Å². The summed E-state index contributed by atoms with van der Waals surface area (Å²) in [5.74, 6) is 2.17. The first-order valence-corrected chi connectivity index (χ1v) is 7.83. The summed E-state index contributed by atoms with van der Waals surface area (Å²) in [5.41, 5.74) is 2.97. The van der Waals surface area contributed by atoms with Gasteiger partial charge in [-0.2, -0.15) is 0 Å². The number of nitrogens with one attached hydrogen (secondary N) is 1. The zero-order valence-electron chi connectivity index (χ0n) is 13.0. The maximum Gasteiger partial charge on any atom is 0.174 e. The highest BCUT2D eigenvalue weighted by atomic mass is 16.5. The Balaban J connectivity index is 1.79. The molecule has 0 aliphatic rings. The molecule has 0 aliphatic carbocycles. The van der Waals surface area contributed by atoms with E-state index in [0.29, 0.717) is 11.6 Å². The lowest BCUT2D eigenvalue weighted by Gasteiger charge is -2.08. The molecular weight excluding hydrogens is 296 g/mol. The molecule has 1 aromatic heterocycles. The number of aromatic amines is 1. The predicted molar refractivity (Wildman–Crippen MR) is 97.5 cm³/mol. The van der Waals surface area contributed by atoms with Crippen LogP contribution in [-0.2, 0) is 0 Å². The summed E-state index contributed by atoms with van der Waals surface area (Å²) in [6, 6.07) is 27.8. The number of nitrogens with zero attached hydrogens (tertiary/aromatic N) is 1. The second-order valence-corrected chi connectivity index (χ2v) is 5.44. The van der Waals surface area contributed by atoms with Crippen molar-refractivity contribution in [3.63, 3.8) is 0 Å². The SMILES string of the molecule is C(=C(Oc1ccccc1)c1nc2ccccc2[nH]1)c1ccccc1. The summed E-state index contributed by atoms with van der Waals surface area (Å²) in [4.78, 5) is 7.99.